The highest BCUT2D eigenvalue weighted by Crippen LogP contribution is 2.21. The number of rotatable bonds is 4. The minimum absolute atomic E-state index is 0.0345. The Balaban J connectivity index is 2.63. The Kier molecular flexibility index (Phi) is 3.60. The van der Waals surface area contributed by atoms with E-state index in [0.717, 1.165) is 5.01 Å². The number of thiazole rings is 1. The number of nitrogens with one attached hydrogen (secondary N) is 1. The maximum Gasteiger partial charge on any atom is 0.222 e. The van der Waals surface area contributed by atoms with Crippen molar-refractivity contribution >= 4 is 17.2 Å². The van der Waals surface area contributed by atoms with E-state index in [0.29, 0.717) is 13.0 Å². The molecule has 0 saturated heterocycles. The third-order valence-electron chi connectivity index (χ3n) is 1.79. The molecule has 0 spiro atoms. The van der Waals surface area contributed by atoms with Gasteiger partial charge in [0.1, 0.15) is 5.01 Å². The number of amides is 1. The van der Waals surface area contributed by atoms with Gasteiger partial charge in [0.05, 0.1) is 5.54 Å². The highest BCUT2D eigenvalue weighted by Gasteiger charge is 2.24. The van der Waals surface area contributed by atoms with Crippen molar-refractivity contribution in [3.63, 3.8) is 0 Å². The van der Waals surface area contributed by atoms with Crippen LogP contribution in [0.5, 0.6) is 0 Å². The molecule has 0 saturated carbocycles. The van der Waals surface area contributed by atoms with Gasteiger partial charge in [0.25, 0.3) is 0 Å². The number of hydrogen-bond donors (Lipinski definition) is 2. The van der Waals surface area contributed by atoms with Crippen molar-refractivity contribution in [2.45, 2.75) is 25.8 Å². The Hall–Kier alpha value is -0.940. The lowest BCUT2D eigenvalue weighted by molar-refractivity contribution is -0.122. The molecule has 0 bridgehead atoms. The fraction of sp³-hybridized carbons (Fsp3) is 0.556. The van der Waals surface area contributed by atoms with E-state index in [1.54, 1.807) is 6.20 Å². The van der Waals surface area contributed by atoms with E-state index in [1.165, 1.54) is 11.3 Å². The summed E-state index contributed by atoms with van der Waals surface area (Å²) in [6.45, 7) is 4.24. The lowest BCUT2D eigenvalue weighted by atomic mass is 10.1. The first kappa shape index (κ1) is 11.1. The molecule has 0 aliphatic carbocycles. The van der Waals surface area contributed by atoms with E-state index in [-0.39, 0.29) is 5.91 Å². The van der Waals surface area contributed by atoms with E-state index in [2.05, 4.69) is 10.3 Å². The maximum absolute atomic E-state index is 11.3. The summed E-state index contributed by atoms with van der Waals surface area (Å²) in [6.07, 6.45) is 2.09. The van der Waals surface area contributed by atoms with Gasteiger partial charge in [0, 0.05) is 24.5 Å². The Morgan fingerprint density at radius 2 is 2.43 bits per heavy atom. The molecule has 0 atom stereocenters. The molecule has 4 nitrogen and oxygen atoms in total. The van der Waals surface area contributed by atoms with Crippen molar-refractivity contribution in [1.29, 1.82) is 0 Å². The molecule has 0 unspecified atom stereocenters. The second-order valence-electron chi connectivity index (χ2n) is 3.55. The van der Waals surface area contributed by atoms with Crippen LogP contribution in [-0.2, 0) is 10.3 Å². The lowest BCUT2D eigenvalue weighted by Gasteiger charge is -2.23. The monoisotopic (exact) mass is 213 g/mol. The summed E-state index contributed by atoms with van der Waals surface area (Å²) in [6, 6.07) is 0. The molecule has 0 aliphatic rings. The summed E-state index contributed by atoms with van der Waals surface area (Å²) >= 11 is 1.53. The molecule has 78 valence electrons. The fourth-order valence-electron chi connectivity index (χ4n) is 1.13. The Morgan fingerprint density at radius 3 is 2.93 bits per heavy atom. The third-order valence-corrected chi connectivity index (χ3v) is 2.89. The highest BCUT2D eigenvalue weighted by atomic mass is 32.1. The molecule has 3 N–H and O–H groups in total. The zero-order valence-electron chi connectivity index (χ0n) is 8.41. The van der Waals surface area contributed by atoms with Gasteiger partial charge in [-0.2, -0.15) is 0 Å². The second kappa shape index (κ2) is 4.52. The Bertz CT molecular complexity index is 295. The molecule has 1 aromatic heterocycles. The van der Waals surface area contributed by atoms with Crippen molar-refractivity contribution < 1.29 is 4.79 Å². The molecule has 14 heavy (non-hydrogen) atoms. The number of carbonyl (C=O) groups is 1. The normalized spacial score (nSPS) is 11.4. The van der Waals surface area contributed by atoms with E-state index in [1.807, 2.05) is 19.2 Å². The standard InChI is InChI=1S/C9H15N3OS/c1-9(2,8-11-5-6-14-8)12-7(13)3-4-10/h5-6H,3-4,10H2,1-2H3,(H,12,13). The van der Waals surface area contributed by atoms with Crippen LogP contribution < -0.4 is 11.1 Å². The summed E-state index contributed by atoms with van der Waals surface area (Å²) in [7, 11) is 0. The molecule has 1 amide bonds. The van der Waals surface area contributed by atoms with Gasteiger partial charge in [-0.15, -0.1) is 11.3 Å². The van der Waals surface area contributed by atoms with Gasteiger partial charge < -0.3 is 11.1 Å². The topological polar surface area (TPSA) is 68.0 Å². The van der Waals surface area contributed by atoms with Crippen LogP contribution in [0.4, 0.5) is 0 Å². The fourth-order valence-corrected chi connectivity index (χ4v) is 1.85. The Labute approximate surface area is 87.5 Å². The van der Waals surface area contributed by atoms with Gasteiger partial charge in [0.2, 0.25) is 5.91 Å². The van der Waals surface area contributed by atoms with Crippen LogP contribution in [0.2, 0.25) is 0 Å². The van der Waals surface area contributed by atoms with Crippen LogP contribution in [0.25, 0.3) is 0 Å². The third kappa shape index (κ3) is 2.78. The predicted octanol–water partition coefficient (Wildman–Crippen LogP) is 0.843. The quantitative estimate of drug-likeness (QED) is 0.779. The molecular formula is C9H15N3OS. The molecule has 1 aromatic rings. The van der Waals surface area contributed by atoms with Gasteiger partial charge in [-0.3, -0.25) is 4.79 Å². The number of hydrogen-bond acceptors (Lipinski definition) is 4. The van der Waals surface area contributed by atoms with Crippen LogP contribution in [0.1, 0.15) is 25.3 Å². The zero-order valence-corrected chi connectivity index (χ0v) is 9.23. The molecule has 5 heteroatoms. The maximum atomic E-state index is 11.3. The minimum Gasteiger partial charge on any atom is -0.345 e. The predicted molar refractivity (Wildman–Crippen MR) is 57.0 cm³/mol. The first-order valence-electron chi connectivity index (χ1n) is 4.47. The van der Waals surface area contributed by atoms with Crippen LogP contribution in [0.15, 0.2) is 11.6 Å². The smallest absolute Gasteiger partial charge is 0.222 e. The van der Waals surface area contributed by atoms with E-state index >= 15 is 0 Å². The van der Waals surface area contributed by atoms with Crippen molar-refractivity contribution in [2.75, 3.05) is 6.54 Å². The highest BCUT2D eigenvalue weighted by molar-refractivity contribution is 7.09. The van der Waals surface area contributed by atoms with E-state index < -0.39 is 5.54 Å². The average molecular weight is 213 g/mol. The van der Waals surface area contributed by atoms with Crippen molar-refractivity contribution in [3.8, 4) is 0 Å². The summed E-state index contributed by atoms with van der Waals surface area (Å²) in [5.41, 5.74) is 4.89. The number of carbonyl (C=O) groups excluding carboxylic acids is 1. The average Bonchev–Trinajstić information content (AvgIpc) is 2.54. The molecule has 1 heterocycles. The molecule has 0 aliphatic heterocycles. The zero-order chi connectivity index (χ0) is 10.6. The SMILES string of the molecule is CC(C)(NC(=O)CCN)c1nccs1. The van der Waals surface area contributed by atoms with Gasteiger partial charge in [-0.05, 0) is 13.8 Å². The number of nitrogens with two attached hydrogens (primary N) is 1. The lowest BCUT2D eigenvalue weighted by Crippen LogP contribution is -2.41. The largest absolute Gasteiger partial charge is 0.345 e. The molecule has 1 rings (SSSR count). The Morgan fingerprint density at radius 1 is 1.71 bits per heavy atom. The van der Waals surface area contributed by atoms with Crippen LogP contribution in [-0.4, -0.2) is 17.4 Å². The van der Waals surface area contributed by atoms with Crippen LogP contribution in [0, 0.1) is 0 Å². The van der Waals surface area contributed by atoms with E-state index in [9.17, 15) is 4.79 Å². The summed E-state index contributed by atoms with van der Waals surface area (Å²) in [5.74, 6) is -0.0345. The van der Waals surface area contributed by atoms with Crippen LogP contribution in [0.3, 0.4) is 0 Å². The van der Waals surface area contributed by atoms with Gasteiger partial charge >= 0.3 is 0 Å². The summed E-state index contributed by atoms with van der Waals surface area (Å²) in [5, 5.41) is 5.69. The van der Waals surface area contributed by atoms with Crippen molar-refractivity contribution in [2.24, 2.45) is 5.73 Å². The van der Waals surface area contributed by atoms with Gasteiger partial charge in [-0.25, -0.2) is 4.98 Å². The molecule has 0 aromatic carbocycles. The number of nitrogens with zero attached hydrogens (tertiary/aromatic N) is 1. The van der Waals surface area contributed by atoms with Crippen molar-refractivity contribution in [1.82, 2.24) is 10.3 Å². The first-order chi connectivity index (χ1) is 6.56. The van der Waals surface area contributed by atoms with Crippen molar-refractivity contribution in [3.05, 3.63) is 16.6 Å². The first-order valence-corrected chi connectivity index (χ1v) is 5.35. The minimum atomic E-state index is -0.402. The summed E-state index contributed by atoms with van der Waals surface area (Å²) in [4.78, 5) is 15.5. The molecule has 0 fully saturated rings. The second-order valence-corrected chi connectivity index (χ2v) is 4.44. The molecular weight excluding hydrogens is 198 g/mol. The molecule has 0 radical (unpaired) electrons. The summed E-state index contributed by atoms with van der Waals surface area (Å²) < 4.78 is 0. The van der Waals surface area contributed by atoms with Crippen LogP contribution >= 0.6 is 11.3 Å². The van der Waals surface area contributed by atoms with E-state index in [4.69, 9.17) is 5.73 Å². The van der Waals surface area contributed by atoms with Gasteiger partial charge in [-0.1, -0.05) is 0 Å². The number of aromatic nitrogens is 1. The van der Waals surface area contributed by atoms with Gasteiger partial charge in [0.15, 0.2) is 0 Å².